The zero-order valence-electron chi connectivity index (χ0n) is 14.6. The molecule has 1 aliphatic heterocycles. The minimum Gasteiger partial charge on any atom is -0.497 e. The Morgan fingerprint density at radius 1 is 1.36 bits per heavy atom. The third kappa shape index (κ3) is 4.98. The molecule has 0 aliphatic carbocycles. The van der Waals surface area contributed by atoms with E-state index in [1.807, 2.05) is 39.9 Å². The molecule has 1 fully saturated rings. The van der Waals surface area contributed by atoms with Crippen molar-refractivity contribution in [1.29, 1.82) is 0 Å². The summed E-state index contributed by atoms with van der Waals surface area (Å²) in [5.74, 6) is 2.18. The van der Waals surface area contributed by atoms with Crippen LogP contribution in [-0.4, -0.2) is 47.2 Å². The van der Waals surface area contributed by atoms with E-state index >= 15 is 0 Å². The van der Waals surface area contributed by atoms with Crippen LogP contribution in [-0.2, 0) is 11.3 Å². The lowest BCUT2D eigenvalue weighted by Crippen LogP contribution is -2.41. The van der Waals surface area contributed by atoms with Gasteiger partial charge in [0, 0.05) is 50.4 Å². The largest absolute Gasteiger partial charge is 0.497 e. The van der Waals surface area contributed by atoms with E-state index in [0.29, 0.717) is 25.5 Å². The molecule has 1 saturated heterocycles. The molecular formula is C19H25N3O3. The number of piperidine rings is 1. The molecule has 0 radical (unpaired) electrons. The molecular weight excluding hydrogens is 318 g/mol. The van der Waals surface area contributed by atoms with E-state index in [-0.39, 0.29) is 5.91 Å². The monoisotopic (exact) mass is 343 g/mol. The van der Waals surface area contributed by atoms with Crippen molar-refractivity contribution in [2.24, 2.45) is 5.92 Å². The Labute approximate surface area is 148 Å². The zero-order chi connectivity index (χ0) is 17.5. The smallest absolute Gasteiger partial charge is 0.224 e. The number of carbonyl (C=O) groups is 1. The van der Waals surface area contributed by atoms with Crippen molar-refractivity contribution in [3.8, 4) is 11.5 Å². The number of carbonyl (C=O) groups excluding carboxylic acids is 1. The maximum absolute atomic E-state index is 12.4. The second kappa shape index (κ2) is 8.55. The fourth-order valence-electron chi connectivity index (χ4n) is 3.13. The first-order chi connectivity index (χ1) is 12.2. The molecule has 1 atom stereocenters. The number of nitrogens with zero attached hydrogens (tertiary/aromatic N) is 3. The summed E-state index contributed by atoms with van der Waals surface area (Å²) in [6.07, 6.45) is 8.00. The molecule has 0 N–H and O–H groups in total. The number of hydrogen-bond donors (Lipinski definition) is 0. The highest BCUT2D eigenvalue weighted by atomic mass is 16.5. The van der Waals surface area contributed by atoms with Crippen molar-refractivity contribution in [2.45, 2.75) is 25.8 Å². The number of rotatable bonds is 7. The van der Waals surface area contributed by atoms with Gasteiger partial charge in [-0.25, -0.2) is 4.98 Å². The van der Waals surface area contributed by atoms with Gasteiger partial charge in [-0.05, 0) is 25.0 Å². The average Bonchev–Trinajstić information content (AvgIpc) is 3.18. The predicted octanol–water partition coefficient (Wildman–Crippen LogP) is 2.60. The van der Waals surface area contributed by atoms with E-state index in [9.17, 15) is 4.79 Å². The van der Waals surface area contributed by atoms with Gasteiger partial charge in [-0.1, -0.05) is 6.07 Å². The van der Waals surface area contributed by atoms with Crippen molar-refractivity contribution >= 4 is 5.91 Å². The van der Waals surface area contributed by atoms with Gasteiger partial charge in [-0.3, -0.25) is 4.79 Å². The Morgan fingerprint density at radius 2 is 2.24 bits per heavy atom. The fourth-order valence-corrected chi connectivity index (χ4v) is 3.13. The van der Waals surface area contributed by atoms with Gasteiger partial charge in [0.1, 0.15) is 11.5 Å². The Balaban J connectivity index is 1.46. The summed E-state index contributed by atoms with van der Waals surface area (Å²) < 4.78 is 13.1. The second-order valence-corrected chi connectivity index (χ2v) is 6.39. The highest BCUT2D eigenvalue weighted by Gasteiger charge is 2.24. The number of aromatic nitrogens is 2. The summed E-state index contributed by atoms with van der Waals surface area (Å²) in [6, 6.07) is 7.63. The van der Waals surface area contributed by atoms with Crippen LogP contribution < -0.4 is 9.47 Å². The molecule has 25 heavy (non-hydrogen) atoms. The fraction of sp³-hybridized carbons (Fsp3) is 0.474. The number of hydrogen-bond acceptors (Lipinski definition) is 4. The van der Waals surface area contributed by atoms with Crippen LogP contribution in [0, 0.1) is 5.92 Å². The number of amides is 1. The van der Waals surface area contributed by atoms with Crippen LogP contribution in [0.5, 0.6) is 11.5 Å². The van der Waals surface area contributed by atoms with Crippen LogP contribution >= 0.6 is 0 Å². The molecule has 6 nitrogen and oxygen atoms in total. The van der Waals surface area contributed by atoms with Crippen LogP contribution in [0.15, 0.2) is 43.0 Å². The zero-order valence-corrected chi connectivity index (χ0v) is 14.6. The lowest BCUT2D eigenvalue weighted by Gasteiger charge is -2.32. The summed E-state index contributed by atoms with van der Waals surface area (Å²) >= 11 is 0. The maximum atomic E-state index is 12.4. The first-order valence-corrected chi connectivity index (χ1v) is 8.75. The highest BCUT2D eigenvalue weighted by molar-refractivity contribution is 5.76. The summed E-state index contributed by atoms with van der Waals surface area (Å²) in [4.78, 5) is 18.4. The van der Waals surface area contributed by atoms with E-state index in [4.69, 9.17) is 9.47 Å². The third-order valence-corrected chi connectivity index (χ3v) is 4.54. The standard InChI is InChI=1S/C19H25N3O3/c1-24-17-5-2-6-18(12-17)25-14-16-4-3-9-22(13-16)19(23)7-10-21-11-8-20-15-21/h2,5-6,8,11-12,15-16H,3-4,7,9-10,13-14H2,1H3. The van der Waals surface area contributed by atoms with Crippen LogP contribution in [0.2, 0.25) is 0 Å². The maximum Gasteiger partial charge on any atom is 0.224 e. The van der Waals surface area contributed by atoms with Gasteiger partial charge in [0.2, 0.25) is 5.91 Å². The van der Waals surface area contributed by atoms with Gasteiger partial charge in [-0.15, -0.1) is 0 Å². The summed E-state index contributed by atoms with van der Waals surface area (Å²) in [7, 11) is 1.65. The molecule has 1 unspecified atom stereocenters. The molecule has 1 aromatic carbocycles. The lowest BCUT2D eigenvalue weighted by molar-refractivity contribution is -0.133. The second-order valence-electron chi connectivity index (χ2n) is 6.39. The number of likely N-dealkylation sites (tertiary alicyclic amines) is 1. The van der Waals surface area contributed by atoms with Crippen LogP contribution in [0.3, 0.4) is 0 Å². The summed E-state index contributed by atoms with van der Waals surface area (Å²) in [5.41, 5.74) is 0. The Hall–Kier alpha value is -2.50. The predicted molar refractivity (Wildman–Crippen MR) is 94.6 cm³/mol. The van der Waals surface area contributed by atoms with Crippen molar-refractivity contribution in [1.82, 2.24) is 14.5 Å². The van der Waals surface area contributed by atoms with Crippen LogP contribution in [0.4, 0.5) is 0 Å². The van der Waals surface area contributed by atoms with Crippen molar-refractivity contribution in [3.05, 3.63) is 43.0 Å². The SMILES string of the molecule is COc1cccc(OCC2CCCN(C(=O)CCn3ccnc3)C2)c1. The van der Waals surface area contributed by atoms with Crippen LogP contribution in [0.1, 0.15) is 19.3 Å². The number of imidazole rings is 1. The minimum absolute atomic E-state index is 0.208. The van der Waals surface area contributed by atoms with E-state index in [1.165, 1.54) is 0 Å². The lowest BCUT2D eigenvalue weighted by atomic mass is 9.98. The Morgan fingerprint density at radius 3 is 3.04 bits per heavy atom. The minimum atomic E-state index is 0.208. The number of aryl methyl sites for hydroxylation is 1. The normalized spacial score (nSPS) is 17.3. The first kappa shape index (κ1) is 17.3. The molecule has 2 heterocycles. The molecule has 134 valence electrons. The van der Waals surface area contributed by atoms with Gasteiger partial charge in [-0.2, -0.15) is 0 Å². The van der Waals surface area contributed by atoms with Gasteiger partial charge >= 0.3 is 0 Å². The van der Waals surface area contributed by atoms with Crippen molar-refractivity contribution in [3.63, 3.8) is 0 Å². The van der Waals surface area contributed by atoms with Crippen molar-refractivity contribution < 1.29 is 14.3 Å². The van der Waals surface area contributed by atoms with E-state index in [0.717, 1.165) is 37.4 Å². The molecule has 1 aromatic heterocycles. The number of benzene rings is 1. The third-order valence-electron chi connectivity index (χ3n) is 4.54. The summed E-state index contributed by atoms with van der Waals surface area (Å²) in [6.45, 7) is 2.92. The molecule has 3 rings (SSSR count). The van der Waals surface area contributed by atoms with Gasteiger partial charge in [0.05, 0.1) is 20.0 Å². The molecule has 2 aromatic rings. The molecule has 1 amide bonds. The van der Waals surface area contributed by atoms with E-state index in [1.54, 1.807) is 19.6 Å². The average molecular weight is 343 g/mol. The first-order valence-electron chi connectivity index (χ1n) is 8.75. The topological polar surface area (TPSA) is 56.6 Å². The number of methoxy groups -OCH3 is 1. The quantitative estimate of drug-likeness (QED) is 0.775. The summed E-state index contributed by atoms with van der Waals surface area (Å²) in [5, 5.41) is 0. The van der Waals surface area contributed by atoms with E-state index in [2.05, 4.69) is 4.98 Å². The molecule has 0 bridgehead atoms. The highest BCUT2D eigenvalue weighted by Crippen LogP contribution is 2.22. The van der Waals surface area contributed by atoms with Gasteiger partial charge < -0.3 is 18.9 Å². The van der Waals surface area contributed by atoms with E-state index < -0.39 is 0 Å². The van der Waals surface area contributed by atoms with Gasteiger partial charge in [0.25, 0.3) is 0 Å². The van der Waals surface area contributed by atoms with Crippen molar-refractivity contribution in [2.75, 3.05) is 26.8 Å². The number of ether oxygens (including phenoxy) is 2. The molecule has 6 heteroatoms. The molecule has 1 aliphatic rings. The van der Waals surface area contributed by atoms with Gasteiger partial charge in [0.15, 0.2) is 0 Å². The molecule has 0 spiro atoms. The molecule has 0 saturated carbocycles. The Bertz CT molecular complexity index is 672. The van der Waals surface area contributed by atoms with Crippen LogP contribution in [0.25, 0.3) is 0 Å². The Kier molecular flexibility index (Phi) is 5.93.